The van der Waals surface area contributed by atoms with Crippen molar-refractivity contribution in [2.24, 2.45) is 11.3 Å². The van der Waals surface area contributed by atoms with Crippen molar-refractivity contribution in [1.29, 1.82) is 0 Å². The quantitative estimate of drug-likeness (QED) is 0.420. The van der Waals surface area contributed by atoms with Gasteiger partial charge >= 0.3 is 0 Å². The first-order chi connectivity index (χ1) is 14.0. The Bertz CT molecular complexity index is 677. The van der Waals surface area contributed by atoms with Crippen LogP contribution < -0.4 is 0 Å². The van der Waals surface area contributed by atoms with Crippen molar-refractivity contribution in [2.75, 3.05) is 0 Å². The van der Waals surface area contributed by atoms with Crippen molar-refractivity contribution in [2.45, 2.75) is 104 Å². The van der Waals surface area contributed by atoms with Crippen molar-refractivity contribution in [3.8, 4) is 0 Å². The van der Waals surface area contributed by atoms with Gasteiger partial charge in [-0.3, -0.25) is 4.79 Å². The number of Topliss-reactive ketones (excluding diaryl/α,β-unsaturated/α-hetero) is 1. The third-order valence-corrected chi connectivity index (χ3v) is 7.29. The predicted molar refractivity (Wildman–Crippen MR) is 121 cm³/mol. The summed E-state index contributed by atoms with van der Waals surface area (Å²) >= 11 is 0. The van der Waals surface area contributed by atoms with Gasteiger partial charge < -0.3 is 4.74 Å². The van der Waals surface area contributed by atoms with Crippen LogP contribution in [-0.4, -0.2) is 5.78 Å². The molecule has 1 aromatic rings. The number of carbonyl (C=O) groups excluding carboxylic acids is 1. The number of hydrogen-bond acceptors (Lipinski definition) is 2. The molecule has 0 spiro atoms. The molecule has 1 unspecified atom stereocenters. The first-order valence-electron chi connectivity index (χ1n) is 11.9. The molecule has 0 saturated heterocycles. The summed E-state index contributed by atoms with van der Waals surface area (Å²) in [6.07, 6.45) is 14.9. The molecule has 0 amide bonds. The summed E-state index contributed by atoms with van der Waals surface area (Å²) in [5.41, 5.74) is 2.90. The average molecular weight is 397 g/mol. The lowest BCUT2D eigenvalue weighted by Crippen LogP contribution is -2.35. The van der Waals surface area contributed by atoms with Crippen LogP contribution in [0.15, 0.2) is 36.1 Å². The minimum absolute atomic E-state index is 0.159. The van der Waals surface area contributed by atoms with E-state index in [1.807, 2.05) is 0 Å². The molecule has 0 bridgehead atoms. The normalized spacial score (nSPS) is 23.2. The second-order valence-corrected chi connectivity index (χ2v) is 9.87. The van der Waals surface area contributed by atoms with E-state index in [9.17, 15) is 4.79 Å². The molecule has 2 saturated carbocycles. The summed E-state index contributed by atoms with van der Waals surface area (Å²) in [7, 11) is 0. The summed E-state index contributed by atoms with van der Waals surface area (Å²) in [5.74, 6) is 2.52. The van der Waals surface area contributed by atoms with E-state index in [1.165, 1.54) is 49.7 Å². The van der Waals surface area contributed by atoms with Gasteiger partial charge in [-0.15, -0.1) is 0 Å². The van der Waals surface area contributed by atoms with Gasteiger partial charge in [0, 0.05) is 18.8 Å². The number of hydrogen-bond donors (Lipinski definition) is 0. The third kappa shape index (κ3) is 6.20. The van der Waals surface area contributed by atoms with Gasteiger partial charge in [-0.2, -0.15) is 0 Å². The summed E-state index contributed by atoms with van der Waals surface area (Å²) in [6.45, 7) is 7.22. The molecular formula is C27H40O2. The molecule has 1 atom stereocenters. The lowest BCUT2D eigenvalue weighted by molar-refractivity contribution is -0.129. The Morgan fingerprint density at radius 3 is 2.48 bits per heavy atom. The second-order valence-electron chi connectivity index (χ2n) is 9.87. The van der Waals surface area contributed by atoms with Crippen LogP contribution in [-0.2, 0) is 16.1 Å². The highest BCUT2D eigenvalue weighted by Gasteiger charge is 2.37. The highest BCUT2D eigenvalue weighted by Crippen LogP contribution is 2.41. The smallest absolute Gasteiger partial charge is 0.136 e. The van der Waals surface area contributed by atoms with E-state index >= 15 is 0 Å². The van der Waals surface area contributed by atoms with Crippen molar-refractivity contribution in [3.05, 3.63) is 47.2 Å². The first-order valence-corrected chi connectivity index (χ1v) is 11.9. The van der Waals surface area contributed by atoms with Gasteiger partial charge in [0.15, 0.2) is 0 Å². The van der Waals surface area contributed by atoms with Crippen LogP contribution in [0.5, 0.6) is 0 Å². The van der Waals surface area contributed by atoms with Crippen LogP contribution in [0.2, 0.25) is 0 Å². The maximum Gasteiger partial charge on any atom is 0.136 e. The van der Waals surface area contributed by atoms with Gasteiger partial charge in [0.1, 0.15) is 12.4 Å². The van der Waals surface area contributed by atoms with Gasteiger partial charge in [0.05, 0.1) is 5.76 Å². The van der Waals surface area contributed by atoms with E-state index in [4.69, 9.17) is 4.74 Å². The van der Waals surface area contributed by atoms with Gasteiger partial charge in [-0.1, -0.05) is 57.4 Å². The van der Waals surface area contributed by atoms with Crippen molar-refractivity contribution < 1.29 is 9.53 Å². The fraction of sp³-hybridized carbons (Fsp3) is 0.667. The minimum atomic E-state index is 0.159. The highest BCUT2D eigenvalue weighted by atomic mass is 16.5. The zero-order valence-electron chi connectivity index (χ0n) is 18.8. The number of allylic oxidation sites excluding steroid dienone is 2. The molecule has 0 radical (unpaired) electrons. The maximum atomic E-state index is 12.4. The van der Waals surface area contributed by atoms with Crippen LogP contribution in [0, 0.1) is 11.3 Å². The lowest BCUT2D eigenvalue weighted by Gasteiger charge is -2.37. The van der Waals surface area contributed by atoms with E-state index in [0.29, 0.717) is 12.4 Å². The first kappa shape index (κ1) is 22.1. The lowest BCUT2D eigenvalue weighted by atomic mass is 9.66. The number of carbonyl (C=O) groups is 1. The fourth-order valence-corrected chi connectivity index (χ4v) is 5.33. The summed E-state index contributed by atoms with van der Waals surface area (Å²) in [6, 6.07) is 9.09. The second kappa shape index (κ2) is 10.5. The van der Waals surface area contributed by atoms with Crippen LogP contribution in [0.3, 0.4) is 0 Å². The Labute approximate surface area is 178 Å². The van der Waals surface area contributed by atoms with Crippen LogP contribution in [0.4, 0.5) is 0 Å². The molecule has 2 aliphatic carbocycles. The zero-order valence-corrected chi connectivity index (χ0v) is 18.8. The maximum absolute atomic E-state index is 12.4. The average Bonchev–Trinajstić information content (AvgIpc) is 2.73. The van der Waals surface area contributed by atoms with Crippen molar-refractivity contribution >= 4 is 5.78 Å². The molecule has 2 aliphatic rings. The molecule has 3 rings (SSSR count). The molecule has 29 heavy (non-hydrogen) atoms. The minimum Gasteiger partial charge on any atom is -0.494 e. The Balaban J connectivity index is 1.43. The summed E-state index contributed by atoms with van der Waals surface area (Å²) in [5, 5.41) is 0. The summed E-state index contributed by atoms with van der Waals surface area (Å²) < 4.78 is 6.11. The van der Waals surface area contributed by atoms with Crippen LogP contribution >= 0.6 is 0 Å². The highest BCUT2D eigenvalue weighted by molar-refractivity contribution is 5.82. The van der Waals surface area contributed by atoms with Crippen molar-refractivity contribution in [1.82, 2.24) is 0 Å². The molecule has 2 fully saturated rings. The molecular weight excluding hydrogens is 356 g/mol. The largest absolute Gasteiger partial charge is 0.494 e. The summed E-state index contributed by atoms with van der Waals surface area (Å²) in [4.78, 5) is 12.4. The van der Waals surface area contributed by atoms with Gasteiger partial charge in [0.25, 0.3) is 0 Å². The number of rotatable bonds is 8. The Morgan fingerprint density at radius 2 is 1.83 bits per heavy atom. The zero-order chi connectivity index (χ0) is 20.7. The van der Waals surface area contributed by atoms with Gasteiger partial charge in [-0.05, 0) is 74.0 Å². The van der Waals surface area contributed by atoms with Gasteiger partial charge in [0.2, 0.25) is 0 Å². The van der Waals surface area contributed by atoms with E-state index in [2.05, 4.69) is 51.1 Å². The third-order valence-electron chi connectivity index (χ3n) is 7.29. The fourth-order valence-electron chi connectivity index (χ4n) is 5.33. The van der Waals surface area contributed by atoms with Crippen molar-refractivity contribution in [3.63, 3.8) is 0 Å². The number of ether oxygens (including phenoxy) is 1. The van der Waals surface area contributed by atoms with E-state index in [1.54, 1.807) is 0 Å². The Hall–Kier alpha value is -1.57. The van der Waals surface area contributed by atoms with E-state index in [0.717, 1.165) is 43.8 Å². The predicted octanol–water partition coefficient (Wildman–Crippen LogP) is 7.72. The van der Waals surface area contributed by atoms with Crippen LogP contribution in [0.25, 0.3) is 0 Å². The Morgan fingerprint density at radius 1 is 1.10 bits per heavy atom. The number of ketones is 1. The Kier molecular flexibility index (Phi) is 7.98. The molecule has 1 aromatic carbocycles. The van der Waals surface area contributed by atoms with E-state index in [-0.39, 0.29) is 11.3 Å². The van der Waals surface area contributed by atoms with E-state index < -0.39 is 0 Å². The standard InChI is InChI=1S/C27H40O2/c1-4-24(12-8-13-25-26(28)14-9-19-27(25,2)3)29-20-21-15-17-23(18-16-21)22-10-6-5-7-11-22/h4,15-18,22,25H,5-14,19-20H2,1-3H3. The molecule has 0 N–H and O–H groups in total. The SMILES string of the molecule is CC=C(CCCC1C(=O)CCCC1(C)C)OCc1ccc(C2CCCCC2)cc1. The monoisotopic (exact) mass is 396 g/mol. The van der Waals surface area contributed by atoms with Crippen LogP contribution in [0.1, 0.15) is 108 Å². The molecule has 0 heterocycles. The van der Waals surface area contributed by atoms with Gasteiger partial charge in [-0.25, -0.2) is 0 Å². The number of benzene rings is 1. The molecule has 160 valence electrons. The molecule has 0 aromatic heterocycles. The molecule has 2 heteroatoms. The molecule has 0 aliphatic heterocycles. The molecule has 2 nitrogen and oxygen atoms in total. The topological polar surface area (TPSA) is 26.3 Å².